The van der Waals surface area contributed by atoms with E-state index in [1.54, 1.807) is 11.3 Å². The van der Waals surface area contributed by atoms with Crippen molar-refractivity contribution in [2.75, 3.05) is 0 Å². The van der Waals surface area contributed by atoms with Crippen molar-refractivity contribution < 1.29 is 9.90 Å². The summed E-state index contributed by atoms with van der Waals surface area (Å²) < 4.78 is 0. The third-order valence-corrected chi connectivity index (χ3v) is 3.34. The molecular weight excluding hydrogens is 220 g/mol. The summed E-state index contributed by atoms with van der Waals surface area (Å²) in [7, 11) is 0. The van der Waals surface area contributed by atoms with E-state index in [1.807, 2.05) is 18.2 Å². The van der Waals surface area contributed by atoms with E-state index < -0.39 is 5.97 Å². The fourth-order valence-electron chi connectivity index (χ4n) is 1.52. The summed E-state index contributed by atoms with van der Waals surface area (Å²) in [4.78, 5) is 11.6. The van der Waals surface area contributed by atoms with E-state index in [2.05, 4.69) is 23.6 Å². The second kappa shape index (κ2) is 4.94. The monoisotopic (exact) mass is 232 g/mol. The Morgan fingerprint density at radius 3 is 2.62 bits per heavy atom. The van der Waals surface area contributed by atoms with Crippen LogP contribution >= 0.6 is 11.3 Å². The predicted octanol–water partition coefficient (Wildman–Crippen LogP) is 3.43. The van der Waals surface area contributed by atoms with Gasteiger partial charge in [0.25, 0.3) is 0 Å². The van der Waals surface area contributed by atoms with E-state index in [1.165, 1.54) is 11.1 Å². The number of carbonyl (C=O) groups is 1. The summed E-state index contributed by atoms with van der Waals surface area (Å²) in [6.45, 7) is 0. The van der Waals surface area contributed by atoms with Crippen LogP contribution in [0.3, 0.4) is 0 Å². The second-order valence-electron chi connectivity index (χ2n) is 3.56. The van der Waals surface area contributed by atoms with Crippen molar-refractivity contribution in [2.24, 2.45) is 0 Å². The van der Waals surface area contributed by atoms with Gasteiger partial charge in [-0.25, -0.2) is 0 Å². The van der Waals surface area contributed by atoms with Crippen molar-refractivity contribution >= 4 is 17.3 Å². The van der Waals surface area contributed by atoms with E-state index in [0.717, 1.165) is 4.88 Å². The van der Waals surface area contributed by atoms with Gasteiger partial charge in [0.1, 0.15) is 0 Å². The third kappa shape index (κ3) is 2.70. The first-order chi connectivity index (χ1) is 7.75. The lowest BCUT2D eigenvalue weighted by Gasteiger charge is -1.95. The summed E-state index contributed by atoms with van der Waals surface area (Å²) >= 11 is 1.62. The van der Waals surface area contributed by atoms with Crippen molar-refractivity contribution in [1.29, 1.82) is 0 Å². The first-order valence-corrected chi connectivity index (χ1v) is 5.98. The normalized spacial score (nSPS) is 10.2. The molecular formula is C13H12O2S. The van der Waals surface area contributed by atoms with Gasteiger partial charge in [0.15, 0.2) is 0 Å². The highest BCUT2D eigenvalue weighted by Gasteiger charge is 2.04. The van der Waals surface area contributed by atoms with Gasteiger partial charge in [-0.3, -0.25) is 4.79 Å². The molecule has 1 aromatic carbocycles. The number of benzene rings is 1. The zero-order chi connectivity index (χ0) is 11.4. The first-order valence-electron chi connectivity index (χ1n) is 5.10. The number of carboxylic acid groups (broad SMARTS) is 1. The van der Waals surface area contributed by atoms with Crippen molar-refractivity contribution in [1.82, 2.24) is 0 Å². The molecule has 0 bridgehead atoms. The standard InChI is InChI=1S/C13H12O2S/c14-13(15)7-6-12-8-11(9-16-12)10-4-2-1-3-5-10/h1-5,8-9H,6-7H2,(H,14,15). The fourth-order valence-corrected chi connectivity index (χ4v) is 2.42. The molecule has 0 saturated carbocycles. The first kappa shape index (κ1) is 10.9. The van der Waals surface area contributed by atoms with Gasteiger partial charge in [-0.05, 0) is 29.0 Å². The molecule has 0 aliphatic heterocycles. The van der Waals surface area contributed by atoms with E-state index in [0.29, 0.717) is 6.42 Å². The van der Waals surface area contributed by atoms with E-state index in [-0.39, 0.29) is 6.42 Å². The molecule has 1 N–H and O–H groups in total. The molecule has 0 amide bonds. The Labute approximate surface area is 98.2 Å². The minimum atomic E-state index is -0.741. The van der Waals surface area contributed by atoms with Gasteiger partial charge in [-0.2, -0.15) is 0 Å². The predicted molar refractivity (Wildman–Crippen MR) is 65.7 cm³/mol. The van der Waals surface area contributed by atoms with Gasteiger partial charge < -0.3 is 5.11 Å². The van der Waals surface area contributed by atoms with Gasteiger partial charge in [0.05, 0.1) is 6.42 Å². The van der Waals surface area contributed by atoms with Crippen molar-refractivity contribution in [3.05, 3.63) is 46.7 Å². The average Bonchev–Trinajstić information content (AvgIpc) is 2.76. The van der Waals surface area contributed by atoms with E-state index in [4.69, 9.17) is 5.11 Å². The van der Waals surface area contributed by atoms with Crippen LogP contribution in [0.15, 0.2) is 41.8 Å². The Morgan fingerprint density at radius 2 is 1.94 bits per heavy atom. The molecule has 0 aliphatic carbocycles. The Morgan fingerprint density at radius 1 is 1.19 bits per heavy atom. The van der Waals surface area contributed by atoms with Crippen LogP contribution < -0.4 is 0 Å². The van der Waals surface area contributed by atoms with Crippen molar-refractivity contribution in [3.8, 4) is 11.1 Å². The highest BCUT2D eigenvalue weighted by atomic mass is 32.1. The zero-order valence-electron chi connectivity index (χ0n) is 8.72. The van der Waals surface area contributed by atoms with E-state index >= 15 is 0 Å². The molecule has 16 heavy (non-hydrogen) atoms. The lowest BCUT2D eigenvalue weighted by molar-refractivity contribution is -0.136. The number of rotatable bonds is 4. The molecule has 0 saturated heterocycles. The number of hydrogen-bond donors (Lipinski definition) is 1. The van der Waals surface area contributed by atoms with Crippen LogP contribution in [0.1, 0.15) is 11.3 Å². The number of hydrogen-bond acceptors (Lipinski definition) is 2. The van der Waals surface area contributed by atoms with Crippen LogP contribution in [0, 0.1) is 0 Å². The van der Waals surface area contributed by atoms with Crippen LogP contribution in [0.25, 0.3) is 11.1 Å². The highest BCUT2D eigenvalue weighted by Crippen LogP contribution is 2.26. The maximum atomic E-state index is 10.5. The smallest absolute Gasteiger partial charge is 0.303 e. The Kier molecular flexibility index (Phi) is 3.37. The van der Waals surface area contributed by atoms with Crippen LogP contribution in [0.2, 0.25) is 0 Å². The topological polar surface area (TPSA) is 37.3 Å². The average molecular weight is 232 g/mol. The molecule has 0 atom stereocenters. The van der Waals surface area contributed by atoms with Gasteiger partial charge in [-0.15, -0.1) is 11.3 Å². The minimum absolute atomic E-state index is 0.203. The summed E-state index contributed by atoms with van der Waals surface area (Å²) in [5.74, 6) is -0.741. The molecule has 3 heteroatoms. The lowest BCUT2D eigenvalue weighted by Crippen LogP contribution is -1.95. The number of aryl methyl sites for hydroxylation is 1. The molecule has 2 rings (SSSR count). The second-order valence-corrected chi connectivity index (χ2v) is 4.56. The Hall–Kier alpha value is -1.61. The number of carboxylic acids is 1. The summed E-state index contributed by atoms with van der Waals surface area (Å²) in [6.07, 6.45) is 0.821. The fraction of sp³-hybridized carbons (Fsp3) is 0.154. The van der Waals surface area contributed by atoms with E-state index in [9.17, 15) is 4.79 Å². The Bertz CT molecular complexity index is 474. The van der Waals surface area contributed by atoms with Gasteiger partial charge >= 0.3 is 5.97 Å². The molecule has 1 heterocycles. The molecule has 0 fully saturated rings. The number of aliphatic carboxylic acids is 1. The van der Waals surface area contributed by atoms with Crippen LogP contribution in [0.4, 0.5) is 0 Å². The molecule has 0 radical (unpaired) electrons. The Balaban J connectivity index is 2.11. The quantitative estimate of drug-likeness (QED) is 0.876. The molecule has 82 valence electrons. The summed E-state index contributed by atoms with van der Waals surface area (Å²) in [5.41, 5.74) is 2.35. The third-order valence-electron chi connectivity index (χ3n) is 2.35. The van der Waals surface area contributed by atoms with Crippen LogP contribution in [0.5, 0.6) is 0 Å². The summed E-state index contributed by atoms with van der Waals surface area (Å²) in [6, 6.07) is 12.2. The maximum Gasteiger partial charge on any atom is 0.303 e. The zero-order valence-corrected chi connectivity index (χ0v) is 9.54. The molecule has 1 aromatic heterocycles. The highest BCUT2D eigenvalue weighted by molar-refractivity contribution is 7.10. The van der Waals surface area contributed by atoms with Gasteiger partial charge in [0.2, 0.25) is 0 Å². The van der Waals surface area contributed by atoms with Crippen molar-refractivity contribution in [2.45, 2.75) is 12.8 Å². The minimum Gasteiger partial charge on any atom is -0.481 e. The van der Waals surface area contributed by atoms with Gasteiger partial charge in [0, 0.05) is 4.88 Å². The SMILES string of the molecule is O=C(O)CCc1cc(-c2ccccc2)cs1. The van der Waals surface area contributed by atoms with Crippen molar-refractivity contribution in [3.63, 3.8) is 0 Å². The molecule has 0 spiro atoms. The maximum absolute atomic E-state index is 10.5. The lowest BCUT2D eigenvalue weighted by atomic mass is 10.1. The molecule has 0 aliphatic rings. The number of thiophene rings is 1. The largest absolute Gasteiger partial charge is 0.481 e. The van der Waals surface area contributed by atoms with Gasteiger partial charge in [-0.1, -0.05) is 30.3 Å². The molecule has 0 unspecified atom stereocenters. The molecule has 2 nitrogen and oxygen atoms in total. The summed E-state index contributed by atoms with van der Waals surface area (Å²) in [5, 5.41) is 10.7. The van der Waals surface area contributed by atoms with Crippen LogP contribution in [-0.4, -0.2) is 11.1 Å². The van der Waals surface area contributed by atoms with Crippen LogP contribution in [-0.2, 0) is 11.2 Å². The molecule has 2 aromatic rings.